The number of nitrogens with zero attached hydrogens (tertiary/aromatic N) is 2. The van der Waals surface area contributed by atoms with E-state index in [4.69, 9.17) is 18.0 Å². The van der Waals surface area contributed by atoms with Gasteiger partial charge in [0.15, 0.2) is 0 Å². The van der Waals surface area contributed by atoms with Crippen LogP contribution in [-0.4, -0.2) is 20.1 Å². The second kappa shape index (κ2) is 8.42. The van der Waals surface area contributed by atoms with Gasteiger partial charge in [-0.1, -0.05) is 29.8 Å². The molecule has 0 atom stereocenters. The number of hydrogen-bond acceptors (Lipinski definition) is 1. The van der Waals surface area contributed by atoms with Gasteiger partial charge in [-0.2, -0.15) is 0 Å². The fraction of sp³-hybridized carbons (Fsp3) is 0.250. The van der Waals surface area contributed by atoms with Crippen LogP contribution in [0.4, 0.5) is 16.2 Å². The largest absolute Gasteiger partial charge is 0.328 e. The van der Waals surface area contributed by atoms with Crippen LogP contribution in [0.25, 0.3) is 0 Å². The highest BCUT2D eigenvalue weighted by Gasteiger charge is 2.19. The lowest BCUT2D eigenvalue weighted by Crippen LogP contribution is -2.39. The number of carbonyl (C=O) groups is 1. The Balaban J connectivity index is 2.18. The van der Waals surface area contributed by atoms with Crippen molar-refractivity contribution in [3.63, 3.8) is 0 Å². The maximum Gasteiger partial charge on any atom is 0.328 e. The molecular weight excluding hydrogens is 320 g/mol. The predicted octanol–water partition coefficient (Wildman–Crippen LogP) is 4.99. The van der Waals surface area contributed by atoms with Gasteiger partial charge in [0.2, 0.25) is 0 Å². The number of carbonyl (C=O) groups excluding carboxylic acids is 1. The molecule has 2 rings (SSSR count). The summed E-state index contributed by atoms with van der Waals surface area (Å²) in [5.41, 5.74) is 2.81. The standard InChI is InChI=1S/C20H21ClN2O/c1-4-5-6-9-16-10-7-8-11-19(16)23(3)20(24)22(2)18-14-12-17(21)13-15-18/h1,7-8,10-15H,5-6,9H2,2-3H3. The Morgan fingerprint density at radius 1 is 1.08 bits per heavy atom. The van der Waals surface area contributed by atoms with Crippen LogP contribution in [0.5, 0.6) is 0 Å². The maximum atomic E-state index is 12.8. The zero-order chi connectivity index (χ0) is 17.5. The zero-order valence-electron chi connectivity index (χ0n) is 14.0. The normalized spacial score (nSPS) is 10.1. The molecule has 0 aliphatic heterocycles. The number of anilines is 2. The van der Waals surface area contributed by atoms with Crippen LogP contribution < -0.4 is 9.80 Å². The summed E-state index contributed by atoms with van der Waals surface area (Å²) in [4.78, 5) is 16.1. The molecule has 0 aliphatic carbocycles. The Bertz CT molecular complexity index is 734. The summed E-state index contributed by atoms with van der Waals surface area (Å²) < 4.78 is 0. The molecule has 0 saturated carbocycles. The van der Waals surface area contributed by atoms with Crippen molar-refractivity contribution in [2.75, 3.05) is 23.9 Å². The molecule has 2 aromatic carbocycles. The molecule has 124 valence electrons. The first kappa shape index (κ1) is 17.9. The lowest BCUT2D eigenvalue weighted by molar-refractivity contribution is 0.253. The van der Waals surface area contributed by atoms with Crippen molar-refractivity contribution >= 4 is 29.0 Å². The van der Waals surface area contributed by atoms with Crippen LogP contribution in [0.15, 0.2) is 48.5 Å². The highest BCUT2D eigenvalue weighted by Crippen LogP contribution is 2.24. The summed E-state index contributed by atoms with van der Waals surface area (Å²) in [5, 5.41) is 0.645. The minimum absolute atomic E-state index is 0.110. The van der Waals surface area contributed by atoms with Crippen LogP contribution in [0.2, 0.25) is 5.02 Å². The van der Waals surface area contributed by atoms with Gasteiger partial charge in [-0.25, -0.2) is 4.79 Å². The maximum absolute atomic E-state index is 12.8. The zero-order valence-corrected chi connectivity index (χ0v) is 14.8. The molecule has 0 bridgehead atoms. The van der Waals surface area contributed by atoms with Crippen molar-refractivity contribution in [1.29, 1.82) is 0 Å². The molecule has 2 aromatic rings. The van der Waals surface area contributed by atoms with Gasteiger partial charge >= 0.3 is 6.03 Å². The fourth-order valence-electron chi connectivity index (χ4n) is 2.53. The predicted molar refractivity (Wildman–Crippen MR) is 102 cm³/mol. The third-order valence-corrected chi connectivity index (χ3v) is 4.16. The van der Waals surface area contributed by atoms with Crippen LogP contribution >= 0.6 is 11.6 Å². The molecule has 2 amide bonds. The van der Waals surface area contributed by atoms with Crippen molar-refractivity contribution in [3.8, 4) is 12.3 Å². The van der Waals surface area contributed by atoms with Gasteiger partial charge in [0.1, 0.15) is 0 Å². The summed E-state index contributed by atoms with van der Waals surface area (Å²) in [7, 11) is 3.54. The summed E-state index contributed by atoms with van der Waals surface area (Å²) in [6, 6.07) is 15.0. The summed E-state index contributed by atoms with van der Waals surface area (Å²) >= 11 is 5.91. The Kier molecular flexibility index (Phi) is 6.28. The Morgan fingerprint density at radius 2 is 1.75 bits per heavy atom. The molecule has 24 heavy (non-hydrogen) atoms. The van der Waals surface area contributed by atoms with E-state index in [2.05, 4.69) is 5.92 Å². The number of terminal acetylenes is 1. The topological polar surface area (TPSA) is 23.6 Å². The first-order chi connectivity index (χ1) is 11.5. The van der Waals surface area contributed by atoms with E-state index < -0.39 is 0 Å². The van der Waals surface area contributed by atoms with Crippen molar-refractivity contribution in [2.45, 2.75) is 19.3 Å². The average Bonchev–Trinajstić information content (AvgIpc) is 2.61. The number of para-hydroxylation sites is 1. The molecule has 0 unspecified atom stereocenters. The van der Waals surface area contributed by atoms with Gasteiger partial charge in [-0.05, 0) is 48.7 Å². The lowest BCUT2D eigenvalue weighted by atomic mass is 10.1. The van der Waals surface area contributed by atoms with E-state index in [0.29, 0.717) is 5.02 Å². The number of amides is 2. The molecule has 0 heterocycles. The van der Waals surface area contributed by atoms with E-state index in [9.17, 15) is 4.79 Å². The number of benzene rings is 2. The smallest absolute Gasteiger partial charge is 0.297 e. The minimum Gasteiger partial charge on any atom is -0.297 e. The van der Waals surface area contributed by atoms with Crippen molar-refractivity contribution in [1.82, 2.24) is 0 Å². The molecule has 3 nitrogen and oxygen atoms in total. The number of aryl methyl sites for hydroxylation is 1. The summed E-state index contributed by atoms with van der Waals surface area (Å²) in [5.74, 6) is 2.65. The summed E-state index contributed by atoms with van der Waals surface area (Å²) in [6.45, 7) is 0. The van der Waals surface area contributed by atoms with Crippen LogP contribution in [0.1, 0.15) is 18.4 Å². The van der Waals surface area contributed by atoms with E-state index >= 15 is 0 Å². The highest BCUT2D eigenvalue weighted by molar-refractivity contribution is 6.30. The van der Waals surface area contributed by atoms with Gasteiger partial charge in [-0.15, -0.1) is 12.3 Å². The quantitative estimate of drug-likeness (QED) is 0.555. The molecule has 0 fully saturated rings. The molecule has 0 N–H and O–H groups in total. The third kappa shape index (κ3) is 4.31. The fourth-order valence-corrected chi connectivity index (χ4v) is 2.66. The molecule has 0 aromatic heterocycles. The Hall–Kier alpha value is -2.44. The molecular formula is C20H21ClN2O. The molecule has 0 aliphatic rings. The van der Waals surface area contributed by atoms with Crippen molar-refractivity contribution in [2.24, 2.45) is 0 Å². The first-order valence-corrected chi connectivity index (χ1v) is 8.20. The average molecular weight is 341 g/mol. The Labute approximate surface area is 148 Å². The first-order valence-electron chi connectivity index (χ1n) is 7.83. The van der Waals surface area contributed by atoms with Crippen LogP contribution in [0.3, 0.4) is 0 Å². The van der Waals surface area contributed by atoms with Gasteiger partial charge in [-0.3, -0.25) is 9.80 Å². The number of halogens is 1. The molecule has 0 saturated heterocycles. The van der Waals surface area contributed by atoms with E-state index in [0.717, 1.165) is 36.2 Å². The van der Waals surface area contributed by atoms with Gasteiger partial charge in [0.25, 0.3) is 0 Å². The monoisotopic (exact) mass is 340 g/mol. The number of unbranched alkanes of at least 4 members (excludes halogenated alkanes) is 1. The van der Waals surface area contributed by atoms with Crippen LogP contribution in [0, 0.1) is 12.3 Å². The van der Waals surface area contributed by atoms with E-state index in [1.165, 1.54) is 0 Å². The Morgan fingerprint density at radius 3 is 2.42 bits per heavy atom. The number of hydrogen-bond donors (Lipinski definition) is 0. The number of rotatable bonds is 5. The number of urea groups is 1. The van der Waals surface area contributed by atoms with Crippen molar-refractivity contribution in [3.05, 3.63) is 59.1 Å². The van der Waals surface area contributed by atoms with E-state index in [-0.39, 0.29) is 6.03 Å². The lowest BCUT2D eigenvalue weighted by Gasteiger charge is -2.26. The van der Waals surface area contributed by atoms with E-state index in [1.807, 2.05) is 36.4 Å². The van der Waals surface area contributed by atoms with Crippen LogP contribution in [-0.2, 0) is 6.42 Å². The minimum atomic E-state index is -0.110. The molecule has 0 spiro atoms. The SMILES string of the molecule is C#CCCCc1ccccc1N(C)C(=O)N(C)c1ccc(Cl)cc1. The summed E-state index contributed by atoms with van der Waals surface area (Å²) in [6.07, 6.45) is 7.81. The molecule has 4 heteroatoms. The van der Waals surface area contributed by atoms with Gasteiger partial charge in [0.05, 0.1) is 0 Å². The second-order valence-electron chi connectivity index (χ2n) is 5.56. The van der Waals surface area contributed by atoms with E-state index in [1.54, 1.807) is 36.0 Å². The molecule has 0 radical (unpaired) electrons. The third-order valence-electron chi connectivity index (χ3n) is 3.91. The second-order valence-corrected chi connectivity index (χ2v) is 6.00. The van der Waals surface area contributed by atoms with Gasteiger partial charge in [0, 0.05) is 36.9 Å². The van der Waals surface area contributed by atoms with Gasteiger partial charge < -0.3 is 0 Å². The highest BCUT2D eigenvalue weighted by atomic mass is 35.5. The van der Waals surface area contributed by atoms with Crippen molar-refractivity contribution < 1.29 is 4.79 Å².